The van der Waals surface area contributed by atoms with E-state index in [1.54, 1.807) is 0 Å². The molecule has 0 aromatic heterocycles. The maximum absolute atomic E-state index is 8.85. The molecular weight excluding hydrogens is 218 g/mol. The molecule has 1 aliphatic carbocycles. The van der Waals surface area contributed by atoms with Crippen LogP contribution in [-0.4, -0.2) is 43.3 Å². The summed E-state index contributed by atoms with van der Waals surface area (Å²) in [5.41, 5.74) is 0. The highest BCUT2D eigenvalue weighted by Crippen LogP contribution is 2.35. The normalized spacial score (nSPS) is 26.5. The molecule has 2 rings (SSSR count). The molecule has 2 aliphatic rings. The fourth-order valence-corrected chi connectivity index (χ4v) is 2.74. The molecule has 4 heteroatoms. The van der Waals surface area contributed by atoms with Gasteiger partial charge in [-0.25, -0.2) is 0 Å². The first kappa shape index (κ1) is 13.3. The lowest BCUT2D eigenvalue weighted by Crippen LogP contribution is -2.43. The molecule has 1 saturated carbocycles. The van der Waals surface area contributed by atoms with Gasteiger partial charge in [0.25, 0.3) is 0 Å². The number of hydrogen-bond acceptors (Lipinski definition) is 4. The van der Waals surface area contributed by atoms with Gasteiger partial charge in [-0.2, -0.15) is 0 Å². The average molecular weight is 243 g/mol. The topological polar surface area (TPSA) is 50.7 Å². The Morgan fingerprint density at radius 1 is 1.29 bits per heavy atom. The van der Waals surface area contributed by atoms with Crippen LogP contribution in [0.2, 0.25) is 0 Å². The molecule has 1 heterocycles. The highest BCUT2D eigenvalue weighted by molar-refractivity contribution is 4.85. The van der Waals surface area contributed by atoms with Crippen LogP contribution in [0.3, 0.4) is 0 Å². The van der Waals surface area contributed by atoms with E-state index in [2.05, 4.69) is 12.2 Å². The summed E-state index contributed by atoms with van der Waals surface area (Å²) < 4.78 is 11.4. The van der Waals surface area contributed by atoms with Gasteiger partial charge < -0.3 is 19.9 Å². The van der Waals surface area contributed by atoms with Gasteiger partial charge in [0.15, 0.2) is 5.79 Å². The van der Waals surface area contributed by atoms with Crippen LogP contribution in [0.1, 0.15) is 39.0 Å². The van der Waals surface area contributed by atoms with Gasteiger partial charge in [-0.3, -0.25) is 0 Å². The Labute approximate surface area is 104 Å². The van der Waals surface area contributed by atoms with Crippen LogP contribution in [0.5, 0.6) is 0 Å². The maximum Gasteiger partial charge on any atom is 0.168 e. The van der Waals surface area contributed by atoms with Crippen molar-refractivity contribution in [1.29, 1.82) is 0 Å². The summed E-state index contributed by atoms with van der Waals surface area (Å²) in [5.74, 6) is 0.310. The molecule has 1 unspecified atom stereocenters. The number of hydrogen-bond donors (Lipinski definition) is 2. The Morgan fingerprint density at radius 2 is 1.94 bits per heavy atom. The van der Waals surface area contributed by atoms with Gasteiger partial charge in [-0.1, -0.05) is 6.92 Å². The smallest absolute Gasteiger partial charge is 0.168 e. The van der Waals surface area contributed by atoms with Crippen molar-refractivity contribution in [3.05, 3.63) is 0 Å². The van der Waals surface area contributed by atoms with Gasteiger partial charge in [0.1, 0.15) is 0 Å². The van der Waals surface area contributed by atoms with E-state index >= 15 is 0 Å². The quantitative estimate of drug-likeness (QED) is 0.764. The molecule has 0 bridgehead atoms. The second-order valence-electron chi connectivity index (χ2n) is 5.41. The van der Waals surface area contributed by atoms with Crippen molar-refractivity contribution >= 4 is 0 Å². The lowest BCUT2D eigenvalue weighted by Gasteiger charge is -2.36. The highest BCUT2D eigenvalue weighted by atomic mass is 16.7. The van der Waals surface area contributed by atoms with E-state index < -0.39 is 0 Å². The highest BCUT2D eigenvalue weighted by Gasteiger charge is 2.40. The van der Waals surface area contributed by atoms with Crippen LogP contribution in [0, 0.1) is 5.92 Å². The third kappa shape index (κ3) is 3.65. The number of ether oxygens (including phenoxy) is 2. The van der Waals surface area contributed by atoms with E-state index in [1.165, 1.54) is 0 Å². The first-order valence-electron chi connectivity index (χ1n) is 6.86. The van der Waals surface area contributed by atoms with Crippen molar-refractivity contribution in [2.75, 3.05) is 26.4 Å². The lowest BCUT2D eigenvalue weighted by molar-refractivity contribution is -0.179. The minimum atomic E-state index is -0.241. The van der Waals surface area contributed by atoms with Gasteiger partial charge in [0, 0.05) is 25.5 Å². The largest absolute Gasteiger partial charge is 0.396 e. The van der Waals surface area contributed by atoms with Crippen LogP contribution < -0.4 is 5.32 Å². The van der Waals surface area contributed by atoms with Crippen LogP contribution in [0.25, 0.3) is 0 Å². The van der Waals surface area contributed by atoms with E-state index in [0.717, 1.165) is 51.9 Å². The molecule has 2 fully saturated rings. The standard InChI is InChI=1S/C13H25NO3/c1-11(4-7-15)10-14-12-2-5-13(6-3-12)16-8-9-17-13/h11-12,14-15H,2-10H2,1H3. The van der Waals surface area contributed by atoms with Crippen molar-refractivity contribution in [3.63, 3.8) is 0 Å². The SMILES string of the molecule is CC(CCO)CNC1CCC2(CC1)OCCO2. The monoisotopic (exact) mass is 243 g/mol. The minimum Gasteiger partial charge on any atom is -0.396 e. The van der Waals surface area contributed by atoms with E-state index in [9.17, 15) is 0 Å². The predicted octanol–water partition coefficient (Wildman–Crippen LogP) is 1.28. The minimum absolute atomic E-state index is 0.241. The molecule has 2 N–H and O–H groups in total. The predicted molar refractivity (Wildman–Crippen MR) is 65.8 cm³/mol. The molecule has 0 radical (unpaired) electrons. The van der Waals surface area contributed by atoms with Gasteiger partial charge >= 0.3 is 0 Å². The van der Waals surface area contributed by atoms with Gasteiger partial charge in [-0.05, 0) is 31.7 Å². The Morgan fingerprint density at radius 3 is 2.53 bits per heavy atom. The number of rotatable bonds is 5. The fraction of sp³-hybridized carbons (Fsp3) is 1.00. The third-order valence-corrected chi connectivity index (χ3v) is 3.94. The average Bonchev–Trinajstić information content (AvgIpc) is 2.78. The molecular formula is C13H25NO3. The molecule has 100 valence electrons. The first-order valence-corrected chi connectivity index (χ1v) is 6.86. The Bertz CT molecular complexity index is 219. The zero-order valence-electron chi connectivity index (χ0n) is 10.8. The number of aliphatic hydroxyl groups is 1. The summed E-state index contributed by atoms with van der Waals surface area (Å²) in [7, 11) is 0. The molecule has 0 aromatic carbocycles. The van der Waals surface area contributed by atoms with Crippen molar-refractivity contribution in [2.45, 2.75) is 50.9 Å². The second-order valence-corrected chi connectivity index (χ2v) is 5.41. The van der Waals surface area contributed by atoms with Gasteiger partial charge in [-0.15, -0.1) is 0 Å². The summed E-state index contributed by atoms with van der Waals surface area (Å²) in [6.07, 6.45) is 5.17. The number of aliphatic hydroxyl groups excluding tert-OH is 1. The first-order chi connectivity index (χ1) is 8.24. The molecule has 1 aliphatic heterocycles. The summed E-state index contributed by atoms with van der Waals surface area (Å²) in [6.45, 7) is 4.98. The summed E-state index contributed by atoms with van der Waals surface area (Å²) in [6, 6.07) is 0.592. The van der Waals surface area contributed by atoms with Crippen LogP contribution in [-0.2, 0) is 9.47 Å². The zero-order valence-corrected chi connectivity index (χ0v) is 10.8. The molecule has 0 aromatic rings. The molecule has 1 spiro atoms. The molecule has 17 heavy (non-hydrogen) atoms. The van der Waals surface area contributed by atoms with Crippen LogP contribution >= 0.6 is 0 Å². The van der Waals surface area contributed by atoms with Crippen molar-refractivity contribution < 1.29 is 14.6 Å². The van der Waals surface area contributed by atoms with E-state index in [4.69, 9.17) is 14.6 Å². The van der Waals surface area contributed by atoms with Crippen molar-refractivity contribution in [2.24, 2.45) is 5.92 Å². The molecule has 1 atom stereocenters. The fourth-order valence-electron chi connectivity index (χ4n) is 2.74. The second kappa shape index (κ2) is 6.14. The Hall–Kier alpha value is -0.160. The molecule has 0 amide bonds. The number of nitrogens with one attached hydrogen (secondary N) is 1. The van der Waals surface area contributed by atoms with Crippen LogP contribution in [0.4, 0.5) is 0 Å². The van der Waals surface area contributed by atoms with Crippen LogP contribution in [0.15, 0.2) is 0 Å². The van der Waals surface area contributed by atoms with Crippen molar-refractivity contribution in [3.8, 4) is 0 Å². The molecule has 4 nitrogen and oxygen atoms in total. The summed E-state index contributed by atoms with van der Waals surface area (Å²) >= 11 is 0. The van der Waals surface area contributed by atoms with E-state index in [1.807, 2.05) is 0 Å². The summed E-state index contributed by atoms with van der Waals surface area (Å²) in [4.78, 5) is 0. The maximum atomic E-state index is 8.85. The van der Waals surface area contributed by atoms with Gasteiger partial charge in [0.05, 0.1) is 13.2 Å². The molecule has 1 saturated heterocycles. The Balaban J connectivity index is 1.65. The Kier molecular flexibility index (Phi) is 4.79. The third-order valence-electron chi connectivity index (χ3n) is 3.94. The zero-order chi connectivity index (χ0) is 12.1. The van der Waals surface area contributed by atoms with E-state index in [-0.39, 0.29) is 12.4 Å². The van der Waals surface area contributed by atoms with E-state index in [0.29, 0.717) is 12.0 Å². The van der Waals surface area contributed by atoms with Crippen molar-refractivity contribution in [1.82, 2.24) is 5.32 Å². The lowest BCUT2D eigenvalue weighted by atomic mass is 9.89. The summed E-state index contributed by atoms with van der Waals surface area (Å²) in [5, 5.41) is 12.4. The van der Waals surface area contributed by atoms with Gasteiger partial charge in [0.2, 0.25) is 0 Å².